The van der Waals surface area contributed by atoms with Gasteiger partial charge < -0.3 is 10.4 Å². The van der Waals surface area contributed by atoms with Crippen LogP contribution in [0.4, 0.5) is 0 Å². The Balaban J connectivity index is 1.69. The maximum Gasteiger partial charge on any atom is 0.0787 e. The first-order chi connectivity index (χ1) is 9.68. The van der Waals surface area contributed by atoms with Crippen molar-refractivity contribution in [1.82, 2.24) is 5.32 Å². The molecule has 2 heterocycles. The van der Waals surface area contributed by atoms with Gasteiger partial charge in [-0.05, 0) is 48.2 Å². The number of hydrogen-bond donors (Lipinski definition) is 2. The fraction of sp³-hybridized carbons (Fsp3) is 0.600. The number of rotatable bonds is 3. The average molecular weight is 330 g/mol. The molecule has 0 aromatic heterocycles. The van der Waals surface area contributed by atoms with Gasteiger partial charge in [0.2, 0.25) is 0 Å². The molecule has 1 aromatic rings. The average Bonchev–Trinajstić information content (AvgIpc) is 2.47. The third-order valence-corrected chi connectivity index (χ3v) is 6.72. The zero-order valence-electron chi connectivity index (χ0n) is 11.4. The van der Waals surface area contributed by atoms with Crippen LogP contribution < -0.4 is 5.32 Å². The van der Waals surface area contributed by atoms with E-state index in [0.29, 0.717) is 12.6 Å². The van der Waals surface area contributed by atoms with E-state index in [0.717, 1.165) is 41.5 Å². The Morgan fingerprint density at radius 1 is 1.30 bits per heavy atom. The van der Waals surface area contributed by atoms with Gasteiger partial charge in [0.15, 0.2) is 0 Å². The maximum atomic E-state index is 10.6. The Bertz CT molecular complexity index is 477. The van der Waals surface area contributed by atoms with Gasteiger partial charge in [-0.1, -0.05) is 23.7 Å². The molecule has 0 radical (unpaired) electrons. The van der Waals surface area contributed by atoms with E-state index in [1.165, 1.54) is 10.5 Å². The molecule has 0 spiro atoms. The second kappa shape index (κ2) is 6.49. The maximum absolute atomic E-state index is 10.6. The highest BCUT2D eigenvalue weighted by molar-refractivity contribution is 7.99. The third-order valence-electron chi connectivity index (χ3n) is 4.13. The van der Waals surface area contributed by atoms with Crippen LogP contribution in [0.25, 0.3) is 0 Å². The summed E-state index contributed by atoms with van der Waals surface area (Å²) in [4.78, 5) is 1.21. The van der Waals surface area contributed by atoms with Gasteiger partial charge in [0.1, 0.15) is 0 Å². The van der Waals surface area contributed by atoms with Gasteiger partial charge >= 0.3 is 0 Å². The van der Waals surface area contributed by atoms with Crippen molar-refractivity contribution in [3.05, 3.63) is 28.8 Å². The Labute approximate surface area is 134 Å². The standard InChI is InChI=1S/C15H20ClNOS2/c16-12-3-1-2-11-13(4-7-20-14(11)12)17-10-15(18)5-8-19-9-6-15/h1-3,13,17-18H,4-10H2. The predicted molar refractivity (Wildman–Crippen MR) is 89.0 cm³/mol. The number of benzene rings is 1. The topological polar surface area (TPSA) is 32.3 Å². The first-order valence-electron chi connectivity index (χ1n) is 7.13. The number of fused-ring (bicyclic) bond motifs is 1. The SMILES string of the molecule is OC1(CNC2CCSc3c(Cl)cccc32)CCSCC1. The lowest BCUT2D eigenvalue weighted by Crippen LogP contribution is -2.44. The molecule has 0 aliphatic carbocycles. The lowest BCUT2D eigenvalue weighted by Gasteiger charge is -2.35. The highest BCUT2D eigenvalue weighted by atomic mass is 35.5. The van der Waals surface area contributed by atoms with Crippen molar-refractivity contribution in [1.29, 1.82) is 0 Å². The van der Waals surface area contributed by atoms with Crippen molar-refractivity contribution < 1.29 is 5.11 Å². The quantitative estimate of drug-likeness (QED) is 0.885. The lowest BCUT2D eigenvalue weighted by atomic mass is 9.95. The smallest absolute Gasteiger partial charge is 0.0787 e. The van der Waals surface area contributed by atoms with Crippen LogP contribution in [-0.4, -0.2) is 34.5 Å². The number of aliphatic hydroxyl groups is 1. The summed E-state index contributed by atoms with van der Waals surface area (Å²) >= 11 is 10.1. The molecule has 2 aliphatic rings. The van der Waals surface area contributed by atoms with Crippen LogP contribution in [0.1, 0.15) is 30.9 Å². The minimum absolute atomic E-state index is 0.323. The van der Waals surface area contributed by atoms with Crippen LogP contribution in [0.5, 0.6) is 0 Å². The Morgan fingerprint density at radius 2 is 2.10 bits per heavy atom. The van der Waals surface area contributed by atoms with Gasteiger partial charge in [-0.2, -0.15) is 11.8 Å². The molecule has 1 atom stereocenters. The second-order valence-corrected chi connectivity index (χ2v) is 8.30. The Hall–Kier alpha value is 0.130. The van der Waals surface area contributed by atoms with E-state index in [4.69, 9.17) is 11.6 Å². The predicted octanol–water partition coefficient (Wildman–Crippen LogP) is 3.72. The molecule has 3 rings (SSSR count). The van der Waals surface area contributed by atoms with Crippen LogP contribution in [0, 0.1) is 0 Å². The summed E-state index contributed by atoms with van der Waals surface area (Å²) in [6, 6.07) is 6.46. The van der Waals surface area contributed by atoms with E-state index >= 15 is 0 Å². The van der Waals surface area contributed by atoms with Crippen molar-refractivity contribution in [2.45, 2.75) is 35.8 Å². The molecule has 1 saturated heterocycles. The summed E-state index contributed by atoms with van der Waals surface area (Å²) < 4.78 is 0. The van der Waals surface area contributed by atoms with E-state index in [1.807, 2.05) is 35.7 Å². The first kappa shape index (κ1) is 15.0. The van der Waals surface area contributed by atoms with Crippen LogP contribution in [0.3, 0.4) is 0 Å². The molecule has 0 saturated carbocycles. The summed E-state index contributed by atoms with van der Waals surface area (Å²) in [5.41, 5.74) is 0.775. The number of hydrogen-bond acceptors (Lipinski definition) is 4. The molecule has 0 bridgehead atoms. The molecule has 0 amide bonds. The number of halogens is 1. The van der Waals surface area contributed by atoms with Crippen LogP contribution >= 0.6 is 35.1 Å². The minimum atomic E-state index is -0.519. The van der Waals surface area contributed by atoms with Crippen molar-refractivity contribution in [3.8, 4) is 0 Å². The summed E-state index contributed by atoms with van der Waals surface area (Å²) in [6.45, 7) is 0.689. The molecule has 5 heteroatoms. The number of nitrogens with one attached hydrogen (secondary N) is 1. The van der Waals surface area contributed by atoms with Gasteiger partial charge in [0, 0.05) is 17.5 Å². The minimum Gasteiger partial charge on any atom is -0.389 e. The van der Waals surface area contributed by atoms with Crippen molar-refractivity contribution in [3.63, 3.8) is 0 Å². The molecular formula is C15H20ClNOS2. The molecular weight excluding hydrogens is 310 g/mol. The van der Waals surface area contributed by atoms with Crippen LogP contribution in [0.2, 0.25) is 5.02 Å². The largest absolute Gasteiger partial charge is 0.389 e. The van der Waals surface area contributed by atoms with Gasteiger partial charge in [0.05, 0.1) is 10.6 Å². The Morgan fingerprint density at radius 3 is 2.90 bits per heavy atom. The normalized spacial score (nSPS) is 25.2. The van der Waals surface area contributed by atoms with Crippen molar-refractivity contribution in [2.75, 3.05) is 23.8 Å². The molecule has 2 aliphatic heterocycles. The zero-order chi connectivity index (χ0) is 14.0. The van der Waals surface area contributed by atoms with E-state index in [1.54, 1.807) is 0 Å². The molecule has 20 heavy (non-hydrogen) atoms. The molecule has 1 unspecified atom stereocenters. The van der Waals surface area contributed by atoms with Crippen LogP contribution in [0.15, 0.2) is 23.1 Å². The third kappa shape index (κ3) is 3.30. The van der Waals surface area contributed by atoms with Crippen LogP contribution in [-0.2, 0) is 0 Å². The van der Waals surface area contributed by atoms with Gasteiger partial charge in [0.25, 0.3) is 0 Å². The van der Waals surface area contributed by atoms with Crippen molar-refractivity contribution in [2.24, 2.45) is 0 Å². The fourth-order valence-electron chi connectivity index (χ4n) is 2.84. The molecule has 1 fully saturated rings. The van der Waals surface area contributed by atoms with E-state index < -0.39 is 5.60 Å². The van der Waals surface area contributed by atoms with Gasteiger partial charge in [-0.15, -0.1) is 11.8 Å². The van der Waals surface area contributed by atoms with E-state index in [9.17, 15) is 5.11 Å². The summed E-state index contributed by atoms with van der Waals surface area (Å²) in [5, 5.41) is 15.0. The van der Waals surface area contributed by atoms with E-state index in [-0.39, 0.29) is 0 Å². The summed E-state index contributed by atoms with van der Waals surface area (Å²) in [7, 11) is 0. The van der Waals surface area contributed by atoms with E-state index in [2.05, 4.69) is 11.4 Å². The monoisotopic (exact) mass is 329 g/mol. The highest BCUT2D eigenvalue weighted by Gasteiger charge is 2.31. The zero-order valence-corrected chi connectivity index (χ0v) is 13.8. The molecule has 2 nitrogen and oxygen atoms in total. The summed E-state index contributed by atoms with van der Waals surface area (Å²) in [5.74, 6) is 3.23. The summed E-state index contributed by atoms with van der Waals surface area (Å²) in [6.07, 6.45) is 2.89. The van der Waals surface area contributed by atoms with Crippen molar-refractivity contribution >= 4 is 35.1 Å². The number of thioether (sulfide) groups is 2. The Kier molecular flexibility index (Phi) is 4.88. The second-order valence-electron chi connectivity index (χ2n) is 5.57. The lowest BCUT2D eigenvalue weighted by molar-refractivity contribution is 0.0293. The molecule has 2 N–H and O–H groups in total. The first-order valence-corrected chi connectivity index (χ1v) is 9.64. The van der Waals surface area contributed by atoms with Gasteiger partial charge in [-0.25, -0.2) is 0 Å². The highest BCUT2D eigenvalue weighted by Crippen LogP contribution is 2.40. The fourth-order valence-corrected chi connectivity index (χ4v) is 5.58. The van der Waals surface area contributed by atoms with Gasteiger partial charge in [-0.3, -0.25) is 0 Å². The molecule has 1 aromatic carbocycles. The molecule has 110 valence electrons.